The first-order valence-corrected chi connectivity index (χ1v) is 14.7. The number of aliphatic hydroxyl groups is 1. The standard InChI is InChI=1S/C36H33N3O5/c1-3-43-29-22-27(17-18-28(29)44-23-26-14-8-5-9-15-26)33-31(34(40)32-24(2)37-30-16-10-11-20-38(30)32)35(41)36(42)39(33)21-19-25-12-6-4-7-13-25/h4-18,20,22,33,40H,3,19,21,23H2,1-2H3/b34-31+. The van der Waals surface area contributed by atoms with Gasteiger partial charge in [-0.3, -0.25) is 14.0 Å². The van der Waals surface area contributed by atoms with Gasteiger partial charge in [0.1, 0.15) is 17.9 Å². The first-order chi connectivity index (χ1) is 21.5. The summed E-state index contributed by atoms with van der Waals surface area (Å²) in [4.78, 5) is 33.5. The number of benzene rings is 3. The van der Waals surface area contributed by atoms with Crippen molar-refractivity contribution in [2.24, 2.45) is 0 Å². The fourth-order valence-corrected chi connectivity index (χ4v) is 5.70. The number of Topliss-reactive ketones (excluding diaryl/α,β-unsaturated/α-hetero) is 1. The van der Waals surface area contributed by atoms with Gasteiger partial charge in [0.15, 0.2) is 17.3 Å². The number of carbonyl (C=O) groups is 2. The summed E-state index contributed by atoms with van der Waals surface area (Å²) in [6, 6.07) is 29.7. The third-order valence-corrected chi connectivity index (χ3v) is 7.77. The van der Waals surface area contributed by atoms with Crippen LogP contribution >= 0.6 is 0 Å². The van der Waals surface area contributed by atoms with Gasteiger partial charge < -0.3 is 19.5 Å². The number of aliphatic hydroxyl groups excluding tert-OH is 1. The second-order valence-corrected chi connectivity index (χ2v) is 10.6. The summed E-state index contributed by atoms with van der Waals surface area (Å²) < 4.78 is 13.8. The fourth-order valence-electron chi connectivity index (χ4n) is 5.70. The molecule has 0 aliphatic carbocycles. The second kappa shape index (κ2) is 12.5. The molecule has 1 amide bonds. The third-order valence-electron chi connectivity index (χ3n) is 7.77. The first kappa shape index (κ1) is 28.7. The predicted octanol–water partition coefficient (Wildman–Crippen LogP) is 6.28. The van der Waals surface area contributed by atoms with Crippen LogP contribution in [0.3, 0.4) is 0 Å². The van der Waals surface area contributed by atoms with Gasteiger partial charge in [0.25, 0.3) is 11.7 Å². The molecule has 2 aromatic heterocycles. The van der Waals surface area contributed by atoms with Crippen LogP contribution in [0.2, 0.25) is 0 Å². The molecule has 1 saturated heterocycles. The monoisotopic (exact) mass is 587 g/mol. The maximum Gasteiger partial charge on any atom is 0.295 e. The van der Waals surface area contributed by atoms with E-state index in [0.717, 1.165) is 11.1 Å². The van der Waals surface area contributed by atoms with E-state index >= 15 is 0 Å². The van der Waals surface area contributed by atoms with E-state index in [1.165, 1.54) is 4.90 Å². The van der Waals surface area contributed by atoms with Crippen LogP contribution in [0.25, 0.3) is 11.4 Å². The highest BCUT2D eigenvalue weighted by Gasteiger charge is 2.46. The number of carbonyl (C=O) groups excluding carboxylic acids is 2. The Morgan fingerprint density at radius 1 is 0.864 bits per heavy atom. The molecule has 1 atom stereocenters. The molecule has 1 fully saturated rings. The Labute approximate surface area is 255 Å². The van der Waals surface area contributed by atoms with E-state index < -0.39 is 17.7 Å². The van der Waals surface area contributed by atoms with Crippen LogP contribution in [0.4, 0.5) is 0 Å². The number of hydrogen-bond donors (Lipinski definition) is 1. The van der Waals surface area contributed by atoms with E-state index in [-0.39, 0.29) is 17.9 Å². The molecular formula is C36H33N3O5. The Kier molecular flexibility index (Phi) is 8.14. The summed E-state index contributed by atoms with van der Waals surface area (Å²) in [5.41, 5.74) is 4.22. The van der Waals surface area contributed by atoms with Gasteiger partial charge in [-0.05, 0) is 61.2 Å². The topological polar surface area (TPSA) is 93.4 Å². The number of ketones is 1. The third kappa shape index (κ3) is 5.54. The van der Waals surface area contributed by atoms with Crippen molar-refractivity contribution in [3.05, 3.63) is 137 Å². The van der Waals surface area contributed by atoms with Crippen molar-refractivity contribution in [1.29, 1.82) is 0 Å². The SMILES string of the molecule is CCOc1cc(C2/C(=C(\O)c3c(C)nc4ccccn34)C(=O)C(=O)N2CCc2ccccc2)ccc1OCc1ccccc1. The van der Waals surface area contributed by atoms with Crippen LogP contribution in [-0.4, -0.2) is 44.2 Å². The minimum atomic E-state index is -0.852. The van der Waals surface area contributed by atoms with Crippen LogP contribution in [0, 0.1) is 6.92 Å². The number of likely N-dealkylation sites (tertiary alicyclic amines) is 1. The zero-order valence-corrected chi connectivity index (χ0v) is 24.6. The summed E-state index contributed by atoms with van der Waals surface area (Å²) in [6.45, 7) is 4.67. The van der Waals surface area contributed by atoms with Gasteiger partial charge in [-0.15, -0.1) is 0 Å². The maximum atomic E-state index is 13.7. The zero-order chi connectivity index (χ0) is 30.6. The Morgan fingerprint density at radius 3 is 2.30 bits per heavy atom. The van der Waals surface area contributed by atoms with Crippen LogP contribution in [0.5, 0.6) is 11.5 Å². The highest BCUT2D eigenvalue weighted by Crippen LogP contribution is 2.42. The van der Waals surface area contributed by atoms with E-state index in [1.807, 2.05) is 91.9 Å². The number of ether oxygens (including phenoxy) is 2. The Balaban J connectivity index is 1.45. The lowest BCUT2D eigenvalue weighted by Crippen LogP contribution is -2.31. The zero-order valence-electron chi connectivity index (χ0n) is 24.6. The summed E-state index contributed by atoms with van der Waals surface area (Å²) in [5.74, 6) is -0.650. The lowest BCUT2D eigenvalue weighted by Gasteiger charge is -2.26. The second-order valence-electron chi connectivity index (χ2n) is 10.6. The summed E-state index contributed by atoms with van der Waals surface area (Å²) >= 11 is 0. The number of amides is 1. The van der Waals surface area contributed by atoms with Gasteiger partial charge >= 0.3 is 0 Å². The van der Waals surface area contributed by atoms with E-state index in [4.69, 9.17) is 9.47 Å². The summed E-state index contributed by atoms with van der Waals surface area (Å²) in [7, 11) is 0. The van der Waals surface area contributed by atoms with Gasteiger partial charge in [0.2, 0.25) is 0 Å². The number of pyridine rings is 1. The molecule has 6 rings (SSSR count). The molecule has 3 heterocycles. The molecule has 8 heteroatoms. The number of hydrogen-bond acceptors (Lipinski definition) is 6. The number of aromatic nitrogens is 2. The van der Waals surface area contributed by atoms with E-state index in [1.54, 1.807) is 29.7 Å². The molecule has 0 saturated carbocycles. The molecule has 3 aromatic carbocycles. The summed E-state index contributed by atoms with van der Waals surface area (Å²) in [6.07, 6.45) is 2.31. The molecule has 1 aliphatic rings. The largest absolute Gasteiger partial charge is 0.505 e. The lowest BCUT2D eigenvalue weighted by molar-refractivity contribution is -0.139. The van der Waals surface area contributed by atoms with Crippen molar-refractivity contribution < 1.29 is 24.2 Å². The van der Waals surface area contributed by atoms with E-state index in [2.05, 4.69) is 4.98 Å². The van der Waals surface area contributed by atoms with Crippen molar-refractivity contribution in [1.82, 2.24) is 14.3 Å². The van der Waals surface area contributed by atoms with Gasteiger partial charge in [-0.1, -0.05) is 72.8 Å². The maximum absolute atomic E-state index is 13.7. The van der Waals surface area contributed by atoms with Gasteiger partial charge in [-0.2, -0.15) is 0 Å². The van der Waals surface area contributed by atoms with Crippen molar-refractivity contribution in [2.45, 2.75) is 32.9 Å². The average Bonchev–Trinajstić information content (AvgIpc) is 3.52. The minimum Gasteiger partial charge on any atom is -0.505 e. The molecule has 1 N–H and O–H groups in total. The highest BCUT2D eigenvalue weighted by atomic mass is 16.5. The highest BCUT2D eigenvalue weighted by molar-refractivity contribution is 6.46. The van der Waals surface area contributed by atoms with Gasteiger partial charge in [-0.25, -0.2) is 4.98 Å². The van der Waals surface area contributed by atoms with E-state index in [0.29, 0.717) is 53.7 Å². The first-order valence-electron chi connectivity index (χ1n) is 14.7. The fraction of sp³-hybridized carbons (Fsp3) is 0.194. The summed E-state index contributed by atoms with van der Waals surface area (Å²) in [5, 5.41) is 11.8. The van der Waals surface area contributed by atoms with Crippen LogP contribution < -0.4 is 9.47 Å². The van der Waals surface area contributed by atoms with Crippen molar-refractivity contribution in [3.8, 4) is 11.5 Å². The quantitative estimate of drug-likeness (QED) is 0.117. The molecule has 1 aliphatic heterocycles. The molecule has 0 radical (unpaired) electrons. The molecule has 1 unspecified atom stereocenters. The van der Waals surface area contributed by atoms with Crippen molar-refractivity contribution >= 4 is 23.1 Å². The smallest absolute Gasteiger partial charge is 0.295 e. The average molecular weight is 588 g/mol. The molecular weight excluding hydrogens is 554 g/mol. The molecule has 0 spiro atoms. The number of fused-ring (bicyclic) bond motifs is 1. The Bertz CT molecular complexity index is 1850. The van der Waals surface area contributed by atoms with Crippen LogP contribution in [0.1, 0.15) is 41.0 Å². The Hall–Kier alpha value is -5.37. The van der Waals surface area contributed by atoms with Crippen LogP contribution in [-0.2, 0) is 22.6 Å². The molecule has 5 aromatic rings. The number of imidazole rings is 1. The minimum absolute atomic E-state index is 0.0113. The predicted molar refractivity (Wildman–Crippen MR) is 167 cm³/mol. The number of aryl methyl sites for hydroxylation is 1. The van der Waals surface area contributed by atoms with Crippen molar-refractivity contribution in [3.63, 3.8) is 0 Å². The number of nitrogens with zero attached hydrogens (tertiary/aromatic N) is 3. The molecule has 222 valence electrons. The van der Waals surface area contributed by atoms with Gasteiger partial charge in [0, 0.05) is 12.7 Å². The molecule has 8 nitrogen and oxygen atoms in total. The lowest BCUT2D eigenvalue weighted by atomic mass is 9.95. The normalized spacial score (nSPS) is 16.0. The Morgan fingerprint density at radius 2 is 1.57 bits per heavy atom. The number of rotatable bonds is 10. The van der Waals surface area contributed by atoms with E-state index in [9.17, 15) is 14.7 Å². The van der Waals surface area contributed by atoms with Crippen molar-refractivity contribution in [2.75, 3.05) is 13.2 Å². The molecule has 44 heavy (non-hydrogen) atoms. The molecule has 0 bridgehead atoms. The van der Waals surface area contributed by atoms with Gasteiger partial charge in [0.05, 0.1) is 23.9 Å². The van der Waals surface area contributed by atoms with Crippen LogP contribution in [0.15, 0.2) is 109 Å².